The van der Waals surface area contributed by atoms with E-state index < -0.39 is 27.5 Å². The van der Waals surface area contributed by atoms with Gasteiger partial charge in [-0.15, -0.1) is 0 Å². The molecule has 0 aromatic heterocycles. The Labute approximate surface area is 165 Å². The van der Waals surface area contributed by atoms with Crippen LogP contribution >= 0.6 is 0 Å². The van der Waals surface area contributed by atoms with E-state index in [4.69, 9.17) is 42.2 Å². The number of hydrogen-bond donors (Lipinski definition) is 0. The van der Waals surface area contributed by atoms with E-state index >= 15 is 0 Å². The molecule has 0 aliphatic carbocycles. The molecule has 0 fully saturated rings. The van der Waals surface area contributed by atoms with Gasteiger partial charge in [-0.25, -0.2) is 0 Å². The molecule has 0 amide bonds. The molecule has 14 heteroatoms. The van der Waals surface area contributed by atoms with Gasteiger partial charge < -0.3 is 42.2 Å². The first kappa shape index (κ1) is 29.8. The van der Waals surface area contributed by atoms with E-state index in [-0.39, 0.29) is 98.8 Å². The zero-order valence-corrected chi connectivity index (χ0v) is 13.8. The van der Waals surface area contributed by atoms with Crippen molar-refractivity contribution in [2.45, 2.75) is 0 Å². The summed E-state index contributed by atoms with van der Waals surface area (Å²) >= 11 is 0. The molecule has 0 bridgehead atoms. The van der Waals surface area contributed by atoms with Crippen LogP contribution in [0.2, 0.25) is 0 Å². The maximum atomic E-state index is 8.52. The molecule has 0 radical (unpaired) electrons. The summed E-state index contributed by atoms with van der Waals surface area (Å²) in [7, 11) is -10.9. The maximum Gasteiger partial charge on any atom is 3.00 e. The average molecular weight is 532 g/mol. The van der Waals surface area contributed by atoms with Gasteiger partial charge in [0.25, 0.3) is 0 Å². The smallest absolute Gasteiger partial charge is 0.672 e. The van der Waals surface area contributed by atoms with Crippen molar-refractivity contribution in [1.29, 1.82) is 0 Å². The monoisotopic (exact) mass is 534 g/mol. The minimum atomic E-state index is -3.63. The Morgan fingerprint density at radius 2 is 0.500 bits per heavy atom. The zero-order valence-electron chi connectivity index (χ0n) is 5.93. The molecule has 0 saturated heterocycles. The second-order valence-electron chi connectivity index (χ2n) is 0.750. The molecule has 9 nitrogen and oxygen atoms in total. The molecule has 80 valence electrons. The van der Waals surface area contributed by atoms with Gasteiger partial charge in [0.15, 0.2) is 0 Å². The number of rotatable bonds is 0. The van der Waals surface area contributed by atoms with Crippen molar-refractivity contribution in [2.24, 2.45) is 0 Å². The first-order valence-electron chi connectivity index (χ1n) is 1.84. The SMILES string of the molecule is O=[Si]([O-])[O-].O=[Si]([O-])[O-].O=[Si]([O-])[O-].[Eu+3].[Eu+3]. The Morgan fingerprint density at radius 1 is 0.500 bits per heavy atom. The molecule has 0 unspecified atom stereocenters. The van der Waals surface area contributed by atoms with Crippen molar-refractivity contribution in [2.75, 3.05) is 0 Å². The first-order valence-corrected chi connectivity index (χ1v) is 5.51. The van der Waals surface area contributed by atoms with Crippen LogP contribution in [-0.2, 0) is 13.4 Å². The summed E-state index contributed by atoms with van der Waals surface area (Å²) in [6.07, 6.45) is 0. The van der Waals surface area contributed by atoms with Gasteiger partial charge in [-0.2, -0.15) is 0 Å². The van der Waals surface area contributed by atoms with E-state index in [2.05, 4.69) is 0 Å². The third kappa shape index (κ3) is 583. The van der Waals surface area contributed by atoms with Crippen molar-refractivity contribution in [3.63, 3.8) is 0 Å². The summed E-state index contributed by atoms with van der Waals surface area (Å²) in [4.78, 5) is 51.1. The summed E-state index contributed by atoms with van der Waals surface area (Å²) in [6, 6.07) is 0. The standard InChI is InChI=1S/2Eu.3O3Si/c;;3*1-4(2)3/q2*+3;3*-2. The molecule has 14 heavy (non-hydrogen) atoms. The second-order valence-corrected chi connectivity index (χ2v) is 2.25. The molecule has 0 N–H and O–H groups in total. The summed E-state index contributed by atoms with van der Waals surface area (Å²) in [5.74, 6) is 0. The maximum absolute atomic E-state index is 8.52. The van der Waals surface area contributed by atoms with Crippen molar-refractivity contribution in [3.05, 3.63) is 0 Å². The van der Waals surface area contributed by atoms with Gasteiger partial charge in [0.1, 0.15) is 0 Å². The molecule has 0 heterocycles. The molecule has 0 rings (SSSR count). The molecule has 0 aliphatic heterocycles. The van der Waals surface area contributed by atoms with Crippen LogP contribution in [0, 0.1) is 98.8 Å². The fourth-order valence-electron chi connectivity index (χ4n) is 0. The van der Waals surface area contributed by atoms with E-state index in [0.29, 0.717) is 0 Å². The van der Waals surface area contributed by atoms with Gasteiger partial charge in [0, 0.05) is 27.5 Å². The molecule has 0 atom stereocenters. The van der Waals surface area contributed by atoms with Crippen LogP contribution in [0.25, 0.3) is 0 Å². The fraction of sp³-hybridized carbons (Fsp3) is 0. The topological polar surface area (TPSA) is 190 Å². The van der Waals surface area contributed by atoms with Gasteiger partial charge in [0.2, 0.25) is 0 Å². The Hall–Kier alpha value is 2.02. The van der Waals surface area contributed by atoms with E-state index in [1.807, 2.05) is 0 Å². The summed E-state index contributed by atoms with van der Waals surface area (Å²) in [5.41, 5.74) is 0. The van der Waals surface area contributed by atoms with Crippen LogP contribution in [0.1, 0.15) is 0 Å². The minimum Gasteiger partial charge on any atom is -0.672 e. The van der Waals surface area contributed by atoms with Crippen LogP contribution in [0.5, 0.6) is 0 Å². The van der Waals surface area contributed by atoms with Gasteiger partial charge in [-0.05, 0) is 0 Å². The van der Waals surface area contributed by atoms with Crippen molar-refractivity contribution in [3.8, 4) is 0 Å². The zero-order chi connectivity index (χ0) is 10.7. The molecular formula is Eu2O9Si3. The van der Waals surface area contributed by atoms with Crippen molar-refractivity contribution >= 4 is 27.5 Å². The van der Waals surface area contributed by atoms with Crippen LogP contribution in [-0.4, -0.2) is 27.5 Å². The van der Waals surface area contributed by atoms with Crippen molar-refractivity contribution < 1.29 is 141 Å². The van der Waals surface area contributed by atoms with E-state index in [1.165, 1.54) is 0 Å². The molecule has 0 saturated carbocycles. The molecule has 0 spiro atoms. The van der Waals surface area contributed by atoms with Crippen molar-refractivity contribution in [1.82, 2.24) is 0 Å². The summed E-state index contributed by atoms with van der Waals surface area (Å²) in [5, 5.41) is 0. The fourth-order valence-corrected chi connectivity index (χ4v) is 0. The third-order valence-electron chi connectivity index (χ3n) is 0. The van der Waals surface area contributed by atoms with E-state index in [0.717, 1.165) is 0 Å². The normalized spacial score (nSPS) is 5.14. The first-order chi connectivity index (χ1) is 5.20. The Balaban J connectivity index is -0.0000000270. The Morgan fingerprint density at radius 3 is 0.500 bits per heavy atom. The third-order valence-corrected chi connectivity index (χ3v) is 0. The Bertz CT molecular complexity index is 116. The second kappa shape index (κ2) is 24.3. The van der Waals surface area contributed by atoms with Crippen LogP contribution in [0.15, 0.2) is 0 Å². The van der Waals surface area contributed by atoms with E-state index in [1.54, 1.807) is 0 Å². The predicted octanol–water partition coefficient (Wildman–Crippen LogP) is -8.63. The van der Waals surface area contributed by atoms with Gasteiger partial charge in [-0.1, -0.05) is 0 Å². The van der Waals surface area contributed by atoms with Gasteiger partial charge in [0.05, 0.1) is 0 Å². The minimum absolute atomic E-state index is 0. The molecular weight excluding hydrogens is 532 g/mol. The largest absolute Gasteiger partial charge is 3.00 e. The quantitative estimate of drug-likeness (QED) is 0.273. The van der Waals surface area contributed by atoms with E-state index in [9.17, 15) is 0 Å². The van der Waals surface area contributed by atoms with Crippen LogP contribution in [0.4, 0.5) is 0 Å². The van der Waals surface area contributed by atoms with Gasteiger partial charge >= 0.3 is 98.8 Å². The Kier molecular flexibility index (Phi) is 51.7. The molecule has 0 aromatic carbocycles. The predicted molar refractivity (Wildman–Crippen MR) is 19.3 cm³/mol. The summed E-state index contributed by atoms with van der Waals surface area (Å²) < 4.78 is 25.6. The molecule has 0 aromatic rings. The molecule has 0 aliphatic rings. The average Bonchev–Trinajstić information content (AvgIpc) is 1.54. The van der Waals surface area contributed by atoms with Gasteiger partial charge in [-0.3, -0.25) is 0 Å². The van der Waals surface area contributed by atoms with Crippen LogP contribution < -0.4 is 28.8 Å². The summed E-state index contributed by atoms with van der Waals surface area (Å²) in [6.45, 7) is 0. The van der Waals surface area contributed by atoms with Crippen LogP contribution in [0.3, 0.4) is 0 Å². The number of hydrogen-bond acceptors (Lipinski definition) is 9.